The Bertz CT molecular complexity index is 1040. The molecule has 0 radical (unpaired) electrons. The summed E-state index contributed by atoms with van der Waals surface area (Å²) >= 11 is 0. The van der Waals surface area contributed by atoms with Crippen LogP contribution >= 0.6 is 0 Å². The Labute approximate surface area is 365 Å². The summed E-state index contributed by atoms with van der Waals surface area (Å²) in [4.78, 5) is 37.9. The van der Waals surface area contributed by atoms with Crippen molar-refractivity contribution in [3.05, 3.63) is 48.6 Å². The van der Waals surface area contributed by atoms with E-state index in [0.29, 0.717) is 19.3 Å². The molecule has 0 saturated heterocycles. The lowest BCUT2D eigenvalue weighted by Crippen LogP contribution is -2.30. The normalized spacial score (nSPS) is 12.4. The van der Waals surface area contributed by atoms with Gasteiger partial charge in [-0.25, -0.2) is 0 Å². The van der Waals surface area contributed by atoms with Crippen molar-refractivity contribution in [3.63, 3.8) is 0 Å². The molecule has 0 rings (SSSR count). The summed E-state index contributed by atoms with van der Waals surface area (Å²) in [7, 11) is 0. The summed E-state index contributed by atoms with van der Waals surface area (Å²) in [5.74, 6) is -0.901. The van der Waals surface area contributed by atoms with Crippen LogP contribution in [-0.2, 0) is 28.6 Å². The topological polar surface area (TPSA) is 78.9 Å². The van der Waals surface area contributed by atoms with Crippen LogP contribution in [0.5, 0.6) is 0 Å². The smallest absolute Gasteiger partial charge is 0.306 e. The lowest BCUT2D eigenvalue weighted by molar-refractivity contribution is -0.167. The molecule has 0 heterocycles. The van der Waals surface area contributed by atoms with Crippen molar-refractivity contribution in [2.45, 2.75) is 258 Å². The standard InChI is InChI=1S/C53H94O6/c1-4-7-10-13-16-19-22-24-26-28-31-33-36-39-42-45-51(54)57-48-50(59-53(56)47-44-41-38-35-30-21-18-15-12-9-6-3)49-58-52(55)46-43-40-37-34-32-29-27-25-23-20-17-14-11-8-5-2/h7,10,16,19,24-27,50H,4-6,8-9,11-15,17-18,20-23,28-49H2,1-3H3/b10-7-,19-16-,26-24-,27-25-/t50-/m1/s1. The molecule has 0 amide bonds. The van der Waals surface area contributed by atoms with Crippen LogP contribution in [0.15, 0.2) is 48.6 Å². The molecule has 6 heteroatoms. The Hall–Kier alpha value is -2.63. The maximum atomic E-state index is 12.7. The van der Waals surface area contributed by atoms with Gasteiger partial charge in [-0.3, -0.25) is 14.4 Å². The van der Waals surface area contributed by atoms with Gasteiger partial charge in [-0.15, -0.1) is 0 Å². The van der Waals surface area contributed by atoms with E-state index in [4.69, 9.17) is 14.2 Å². The fourth-order valence-electron chi connectivity index (χ4n) is 7.04. The summed E-state index contributed by atoms with van der Waals surface area (Å²) in [5.41, 5.74) is 0. The number of rotatable bonds is 45. The van der Waals surface area contributed by atoms with E-state index in [1.165, 1.54) is 109 Å². The number of carbonyl (C=O) groups is 3. The first-order valence-corrected chi connectivity index (χ1v) is 25.1. The van der Waals surface area contributed by atoms with Crippen LogP contribution in [0.2, 0.25) is 0 Å². The Balaban J connectivity index is 4.38. The highest BCUT2D eigenvalue weighted by molar-refractivity contribution is 5.71. The Morgan fingerprint density at radius 3 is 1.05 bits per heavy atom. The van der Waals surface area contributed by atoms with Crippen molar-refractivity contribution in [3.8, 4) is 0 Å². The molecule has 59 heavy (non-hydrogen) atoms. The second kappa shape index (κ2) is 48.0. The molecule has 0 aliphatic rings. The maximum absolute atomic E-state index is 12.7. The third-order valence-corrected chi connectivity index (χ3v) is 10.8. The van der Waals surface area contributed by atoms with Gasteiger partial charge in [0, 0.05) is 19.3 Å². The van der Waals surface area contributed by atoms with E-state index in [1.807, 2.05) is 0 Å². The zero-order chi connectivity index (χ0) is 43.0. The zero-order valence-electron chi connectivity index (χ0n) is 39.0. The minimum atomic E-state index is -0.779. The monoisotopic (exact) mass is 827 g/mol. The van der Waals surface area contributed by atoms with Crippen molar-refractivity contribution in [1.82, 2.24) is 0 Å². The average molecular weight is 827 g/mol. The summed E-state index contributed by atoms with van der Waals surface area (Å²) in [6.45, 7) is 6.50. The molecule has 6 nitrogen and oxygen atoms in total. The Morgan fingerprint density at radius 2 is 0.661 bits per heavy atom. The second-order valence-electron chi connectivity index (χ2n) is 16.7. The lowest BCUT2D eigenvalue weighted by atomic mass is 10.1. The molecule has 1 atom stereocenters. The first kappa shape index (κ1) is 56.4. The van der Waals surface area contributed by atoms with Crippen LogP contribution < -0.4 is 0 Å². The fourth-order valence-corrected chi connectivity index (χ4v) is 7.04. The van der Waals surface area contributed by atoms with E-state index < -0.39 is 6.10 Å². The Kier molecular flexibility index (Phi) is 45.9. The van der Waals surface area contributed by atoms with Gasteiger partial charge in [0.05, 0.1) is 0 Å². The molecule has 342 valence electrons. The van der Waals surface area contributed by atoms with Crippen molar-refractivity contribution >= 4 is 17.9 Å². The molecule has 0 aromatic rings. The minimum absolute atomic E-state index is 0.0811. The quantitative estimate of drug-likeness (QED) is 0.0263. The predicted molar refractivity (Wildman–Crippen MR) is 252 cm³/mol. The largest absolute Gasteiger partial charge is 0.462 e. The molecule has 0 bridgehead atoms. The summed E-state index contributed by atoms with van der Waals surface area (Å²) in [5, 5.41) is 0. The zero-order valence-corrected chi connectivity index (χ0v) is 39.0. The van der Waals surface area contributed by atoms with Gasteiger partial charge < -0.3 is 14.2 Å². The maximum Gasteiger partial charge on any atom is 0.306 e. The van der Waals surface area contributed by atoms with Crippen LogP contribution in [0.3, 0.4) is 0 Å². The molecule has 0 aromatic heterocycles. The number of hydrogen-bond acceptors (Lipinski definition) is 6. The van der Waals surface area contributed by atoms with Gasteiger partial charge in [-0.2, -0.15) is 0 Å². The highest BCUT2D eigenvalue weighted by atomic mass is 16.6. The average Bonchev–Trinajstić information content (AvgIpc) is 3.23. The molecular weight excluding hydrogens is 733 g/mol. The van der Waals surface area contributed by atoms with E-state index in [2.05, 4.69) is 69.4 Å². The fraction of sp³-hybridized carbons (Fsp3) is 0.792. The molecule has 0 N–H and O–H groups in total. The molecular formula is C53H94O6. The highest BCUT2D eigenvalue weighted by Gasteiger charge is 2.19. The number of carbonyl (C=O) groups excluding carboxylic acids is 3. The van der Waals surface area contributed by atoms with E-state index in [0.717, 1.165) is 103 Å². The molecule has 0 unspecified atom stereocenters. The molecule has 0 aromatic carbocycles. The van der Waals surface area contributed by atoms with Crippen LogP contribution in [0, 0.1) is 0 Å². The van der Waals surface area contributed by atoms with Gasteiger partial charge in [-0.1, -0.05) is 204 Å². The third-order valence-electron chi connectivity index (χ3n) is 10.8. The van der Waals surface area contributed by atoms with Gasteiger partial charge in [0.2, 0.25) is 0 Å². The first-order chi connectivity index (χ1) is 29.0. The number of allylic oxidation sites excluding steroid dienone is 8. The molecule has 0 saturated carbocycles. The van der Waals surface area contributed by atoms with Crippen molar-refractivity contribution in [2.75, 3.05) is 13.2 Å². The van der Waals surface area contributed by atoms with Gasteiger partial charge >= 0.3 is 17.9 Å². The predicted octanol–water partition coefficient (Wildman–Crippen LogP) is 16.3. The molecule has 0 fully saturated rings. The minimum Gasteiger partial charge on any atom is -0.462 e. The van der Waals surface area contributed by atoms with Crippen LogP contribution in [-0.4, -0.2) is 37.2 Å². The van der Waals surface area contributed by atoms with E-state index >= 15 is 0 Å². The molecule has 0 aliphatic carbocycles. The van der Waals surface area contributed by atoms with Crippen LogP contribution in [0.4, 0.5) is 0 Å². The van der Waals surface area contributed by atoms with Crippen molar-refractivity contribution in [1.29, 1.82) is 0 Å². The van der Waals surface area contributed by atoms with E-state index in [1.54, 1.807) is 0 Å². The number of esters is 3. The SMILES string of the molecule is CC/C=C\C/C=C\C/C=C\CCCCCCCC(=O)OC[C@H](COC(=O)CCCCCCC/C=C\CCCCCCCC)OC(=O)CCCCCCCCCCCCC. The number of hydrogen-bond donors (Lipinski definition) is 0. The highest BCUT2D eigenvalue weighted by Crippen LogP contribution is 2.15. The van der Waals surface area contributed by atoms with Gasteiger partial charge in [0.25, 0.3) is 0 Å². The summed E-state index contributed by atoms with van der Waals surface area (Å²) < 4.78 is 16.8. The third kappa shape index (κ3) is 46.3. The van der Waals surface area contributed by atoms with Crippen LogP contribution in [0.25, 0.3) is 0 Å². The van der Waals surface area contributed by atoms with Gasteiger partial charge in [-0.05, 0) is 77.0 Å². The molecule has 0 spiro atoms. The van der Waals surface area contributed by atoms with Crippen LogP contribution in [0.1, 0.15) is 252 Å². The van der Waals surface area contributed by atoms with Gasteiger partial charge in [0.15, 0.2) is 6.10 Å². The summed E-state index contributed by atoms with van der Waals surface area (Å²) in [6, 6.07) is 0. The number of ether oxygens (including phenoxy) is 3. The van der Waals surface area contributed by atoms with Crippen molar-refractivity contribution < 1.29 is 28.6 Å². The van der Waals surface area contributed by atoms with E-state index in [9.17, 15) is 14.4 Å². The second-order valence-corrected chi connectivity index (χ2v) is 16.7. The van der Waals surface area contributed by atoms with E-state index in [-0.39, 0.29) is 31.1 Å². The molecule has 0 aliphatic heterocycles. The van der Waals surface area contributed by atoms with Crippen molar-refractivity contribution in [2.24, 2.45) is 0 Å². The van der Waals surface area contributed by atoms with Gasteiger partial charge in [0.1, 0.15) is 13.2 Å². The lowest BCUT2D eigenvalue weighted by Gasteiger charge is -2.18. The number of unbranched alkanes of at least 4 members (excludes halogenated alkanes) is 26. The Morgan fingerprint density at radius 1 is 0.356 bits per heavy atom. The summed E-state index contributed by atoms with van der Waals surface area (Å²) in [6.07, 6.45) is 56.6. The first-order valence-electron chi connectivity index (χ1n) is 25.1.